The SMILES string of the molecule is CS(=O)(=O)c1ccc(Sc2ncnc(Cl)c2N)cc1. The lowest BCUT2D eigenvalue weighted by Crippen LogP contribution is -1.97. The smallest absolute Gasteiger partial charge is 0.175 e. The van der Waals surface area contributed by atoms with Crippen molar-refractivity contribution in [3.63, 3.8) is 0 Å². The summed E-state index contributed by atoms with van der Waals surface area (Å²) in [6.45, 7) is 0. The van der Waals surface area contributed by atoms with Gasteiger partial charge in [0.2, 0.25) is 0 Å². The van der Waals surface area contributed by atoms with Gasteiger partial charge in [0.15, 0.2) is 15.0 Å². The summed E-state index contributed by atoms with van der Waals surface area (Å²) < 4.78 is 22.7. The van der Waals surface area contributed by atoms with Crippen molar-refractivity contribution in [1.82, 2.24) is 9.97 Å². The standard InChI is InChI=1S/C11H10ClN3O2S2/c1-19(16,17)8-4-2-7(3-5-8)18-11-9(13)10(12)14-6-15-11/h2-6H,13H2,1H3. The van der Waals surface area contributed by atoms with Crippen molar-refractivity contribution in [2.75, 3.05) is 12.0 Å². The third-order valence-electron chi connectivity index (χ3n) is 2.27. The molecule has 0 spiro atoms. The highest BCUT2D eigenvalue weighted by Crippen LogP contribution is 2.32. The van der Waals surface area contributed by atoms with Crippen molar-refractivity contribution >= 4 is 38.9 Å². The number of benzene rings is 1. The molecule has 0 radical (unpaired) electrons. The molecule has 8 heteroatoms. The first kappa shape index (κ1) is 14.1. The van der Waals surface area contributed by atoms with Crippen LogP contribution in [0.15, 0.2) is 45.4 Å². The molecular formula is C11H10ClN3O2S2. The Bertz CT molecular complexity index is 702. The highest BCUT2D eigenvalue weighted by Gasteiger charge is 2.10. The Morgan fingerprint density at radius 1 is 1.21 bits per heavy atom. The van der Waals surface area contributed by atoms with Crippen LogP contribution in [0.5, 0.6) is 0 Å². The summed E-state index contributed by atoms with van der Waals surface area (Å²) in [6.07, 6.45) is 2.49. The van der Waals surface area contributed by atoms with Crippen LogP contribution in [0.1, 0.15) is 0 Å². The minimum absolute atomic E-state index is 0.199. The Labute approximate surface area is 120 Å². The van der Waals surface area contributed by atoms with E-state index in [2.05, 4.69) is 9.97 Å². The normalized spacial score (nSPS) is 11.5. The maximum Gasteiger partial charge on any atom is 0.175 e. The largest absolute Gasteiger partial charge is 0.394 e. The summed E-state index contributed by atoms with van der Waals surface area (Å²) >= 11 is 7.09. The average Bonchev–Trinajstić information content (AvgIpc) is 2.35. The van der Waals surface area contributed by atoms with Crippen molar-refractivity contribution in [3.05, 3.63) is 35.7 Å². The lowest BCUT2D eigenvalue weighted by Gasteiger charge is -2.05. The third kappa shape index (κ3) is 3.37. The number of hydrogen-bond acceptors (Lipinski definition) is 6. The number of nitrogen functional groups attached to an aromatic ring is 1. The Morgan fingerprint density at radius 3 is 2.42 bits per heavy atom. The number of halogens is 1. The van der Waals surface area contributed by atoms with E-state index >= 15 is 0 Å². The lowest BCUT2D eigenvalue weighted by atomic mass is 10.4. The second-order valence-electron chi connectivity index (χ2n) is 3.73. The Hall–Kier alpha value is -1.31. The van der Waals surface area contributed by atoms with Gasteiger partial charge in [-0.2, -0.15) is 0 Å². The van der Waals surface area contributed by atoms with Gasteiger partial charge in [-0.05, 0) is 24.3 Å². The van der Waals surface area contributed by atoms with Gasteiger partial charge < -0.3 is 5.73 Å². The minimum Gasteiger partial charge on any atom is -0.394 e. The second kappa shape index (κ2) is 5.36. The van der Waals surface area contributed by atoms with E-state index in [9.17, 15) is 8.42 Å². The fourth-order valence-electron chi connectivity index (χ4n) is 1.31. The molecule has 2 N–H and O–H groups in total. The van der Waals surface area contributed by atoms with Crippen LogP contribution >= 0.6 is 23.4 Å². The maximum atomic E-state index is 11.3. The monoisotopic (exact) mass is 315 g/mol. The van der Waals surface area contributed by atoms with Crippen LogP contribution in [0.2, 0.25) is 5.15 Å². The van der Waals surface area contributed by atoms with Crippen LogP contribution in [0, 0.1) is 0 Å². The van der Waals surface area contributed by atoms with E-state index in [-0.39, 0.29) is 10.0 Å². The summed E-state index contributed by atoms with van der Waals surface area (Å²) in [6, 6.07) is 6.46. The molecule has 1 aromatic heterocycles. The molecule has 19 heavy (non-hydrogen) atoms. The first-order chi connectivity index (χ1) is 8.88. The van der Waals surface area contributed by atoms with Gasteiger partial charge >= 0.3 is 0 Å². The van der Waals surface area contributed by atoms with Crippen molar-refractivity contribution in [2.24, 2.45) is 0 Å². The molecule has 0 unspecified atom stereocenters. The van der Waals surface area contributed by atoms with E-state index in [1.54, 1.807) is 12.1 Å². The molecule has 0 aliphatic heterocycles. The van der Waals surface area contributed by atoms with Crippen LogP contribution in [0.25, 0.3) is 0 Å². The van der Waals surface area contributed by atoms with Gasteiger partial charge in [0, 0.05) is 11.2 Å². The molecule has 0 saturated carbocycles. The van der Waals surface area contributed by atoms with Gasteiger partial charge in [0.05, 0.1) is 4.90 Å². The quantitative estimate of drug-likeness (QED) is 0.874. The van der Waals surface area contributed by atoms with Crippen LogP contribution < -0.4 is 5.73 Å². The van der Waals surface area contributed by atoms with Gasteiger partial charge in [-0.15, -0.1) is 0 Å². The zero-order valence-electron chi connectivity index (χ0n) is 9.87. The van der Waals surface area contributed by atoms with Gasteiger partial charge in [0.25, 0.3) is 0 Å². The number of rotatable bonds is 3. The predicted molar refractivity (Wildman–Crippen MR) is 75.1 cm³/mol. The highest BCUT2D eigenvalue weighted by atomic mass is 35.5. The fraction of sp³-hybridized carbons (Fsp3) is 0.0909. The molecule has 2 aromatic rings. The van der Waals surface area contributed by atoms with Crippen molar-refractivity contribution in [1.29, 1.82) is 0 Å². The third-order valence-corrected chi connectivity index (χ3v) is 4.72. The van der Waals surface area contributed by atoms with E-state index in [4.69, 9.17) is 17.3 Å². The first-order valence-corrected chi connectivity index (χ1v) is 8.20. The van der Waals surface area contributed by atoms with Gasteiger partial charge in [-0.25, -0.2) is 18.4 Å². The molecular weight excluding hydrogens is 306 g/mol. The van der Waals surface area contributed by atoms with Crippen LogP contribution in [0.4, 0.5) is 5.69 Å². The van der Waals surface area contributed by atoms with E-state index in [1.165, 1.54) is 30.2 Å². The molecule has 1 heterocycles. The van der Waals surface area contributed by atoms with E-state index in [1.807, 2.05) is 0 Å². The number of nitrogens with zero attached hydrogens (tertiary/aromatic N) is 2. The maximum absolute atomic E-state index is 11.3. The minimum atomic E-state index is -3.19. The summed E-state index contributed by atoms with van der Waals surface area (Å²) in [5.41, 5.74) is 6.06. The predicted octanol–water partition coefficient (Wildman–Crippen LogP) is 2.27. The number of anilines is 1. The van der Waals surface area contributed by atoms with Crippen molar-refractivity contribution in [3.8, 4) is 0 Å². The number of nitrogens with two attached hydrogens (primary N) is 1. The molecule has 0 amide bonds. The van der Waals surface area contributed by atoms with E-state index in [0.717, 1.165) is 11.2 Å². The molecule has 1 aromatic carbocycles. The van der Waals surface area contributed by atoms with E-state index < -0.39 is 9.84 Å². The molecule has 100 valence electrons. The summed E-state index contributed by atoms with van der Waals surface area (Å²) in [7, 11) is -3.19. The van der Waals surface area contributed by atoms with Crippen LogP contribution in [-0.2, 0) is 9.84 Å². The van der Waals surface area contributed by atoms with Crippen molar-refractivity contribution in [2.45, 2.75) is 14.8 Å². The number of sulfone groups is 1. The zero-order valence-corrected chi connectivity index (χ0v) is 12.3. The van der Waals surface area contributed by atoms with E-state index in [0.29, 0.717) is 10.7 Å². The number of aromatic nitrogens is 2. The molecule has 5 nitrogen and oxygen atoms in total. The average molecular weight is 316 g/mol. The van der Waals surface area contributed by atoms with Crippen LogP contribution in [-0.4, -0.2) is 24.6 Å². The highest BCUT2D eigenvalue weighted by molar-refractivity contribution is 7.99. The fourth-order valence-corrected chi connectivity index (χ4v) is 2.93. The Kier molecular flexibility index (Phi) is 3.98. The summed E-state index contributed by atoms with van der Waals surface area (Å²) in [4.78, 5) is 8.88. The lowest BCUT2D eigenvalue weighted by molar-refractivity contribution is 0.602. The molecule has 0 saturated heterocycles. The second-order valence-corrected chi connectivity index (χ2v) is 7.16. The van der Waals surface area contributed by atoms with Crippen molar-refractivity contribution < 1.29 is 8.42 Å². The van der Waals surface area contributed by atoms with Gasteiger partial charge in [0.1, 0.15) is 17.0 Å². The molecule has 0 fully saturated rings. The zero-order chi connectivity index (χ0) is 14.0. The Morgan fingerprint density at radius 2 is 1.84 bits per heavy atom. The molecule has 0 bridgehead atoms. The summed E-state index contributed by atoms with van der Waals surface area (Å²) in [5, 5.41) is 0.734. The van der Waals surface area contributed by atoms with Gasteiger partial charge in [-0.1, -0.05) is 23.4 Å². The van der Waals surface area contributed by atoms with Gasteiger partial charge in [-0.3, -0.25) is 0 Å². The first-order valence-electron chi connectivity index (χ1n) is 5.12. The molecule has 2 rings (SSSR count). The van der Waals surface area contributed by atoms with Crippen LogP contribution in [0.3, 0.4) is 0 Å². The molecule has 0 aliphatic carbocycles. The molecule has 0 aliphatic rings. The summed E-state index contributed by atoms with van der Waals surface area (Å²) in [5.74, 6) is 0. The molecule has 0 atom stereocenters. The topological polar surface area (TPSA) is 85.9 Å². The number of hydrogen-bond donors (Lipinski definition) is 1. The Balaban J connectivity index is 2.27.